The molecular formula is C24H32N2O3. The molecule has 1 aliphatic carbocycles. The number of likely N-dealkylation sites (tertiary alicyclic amines) is 1. The molecule has 2 aromatic rings. The number of furan rings is 1. The lowest BCUT2D eigenvalue weighted by Crippen LogP contribution is -2.32. The fourth-order valence-electron chi connectivity index (χ4n) is 4.20. The SMILES string of the molecule is CCC(NCc1ccc(C2CC2C)o1)c1ccccc1OCC(=O)N1CCCC1. The van der Waals surface area contributed by atoms with Gasteiger partial charge in [-0.05, 0) is 49.8 Å². The summed E-state index contributed by atoms with van der Waals surface area (Å²) in [7, 11) is 0. The fourth-order valence-corrected chi connectivity index (χ4v) is 4.20. The molecule has 1 N–H and O–H groups in total. The maximum atomic E-state index is 12.3. The Hall–Kier alpha value is -2.27. The first-order chi connectivity index (χ1) is 14.2. The molecule has 29 heavy (non-hydrogen) atoms. The second-order valence-corrected chi connectivity index (χ2v) is 8.38. The van der Waals surface area contributed by atoms with E-state index >= 15 is 0 Å². The molecule has 2 heterocycles. The summed E-state index contributed by atoms with van der Waals surface area (Å²) in [6.07, 6.45) is 4.35. The molecule has 1 amide bonds. The summed E-state index contributed by atoms with van der Waals surface area (Å²) in [5.74, 6) is 4.30. The third kappa shape index (κ3) is 4.84. The highest BCUT2D eigenvalue weighted by molar-refractivity contribution is 5.78. The highest BCUT2D eigenvalue weighted by Crippen LogP contribution is 2.47. The number of hydrogen-bond acceptors (Lipinski definition) is 4. The molecule has 1 aromatic heterocycles. The van der Waals surface area contributed by atoms with E-state index in [1.54, 1.807) is 0 Å². The van der Waals surface area contributed by atoms with Crippen LogP contribution in [0.1, 0.15) is 68.6 Å². The van der Waals surface area contributed by atoms with Crippen LogP contribution in [0, 0.1) is 5.92 Å². The summed E-state index contributed by atoms with van der Waals surface area (Å²) in [6, 6.07) is 12.4. The Morgan fingerprint density at radius 3 is 2.72 bits per heavy atom. The van der Waals surface area contributed by atoms with Crippen LogP contribution in [0.4, 0.5) is 0 Å². The Labute approximate surface area is 173 Å². The number of nitrogens with zero attached hydrogens (tertiary/aromatic N) is 1. The topological polar surface area (TPSA) is 54.7 Å². The second-order valence-electron chi connectivity index (χ2n) is 8.38. The molecule has 0 radical (unpaired) electrons. The van der Waals surface area contributed by atoms with Gasteiger partial charge in [-0.15, -0.1) is 0 Å². The van der Waals surface area contributed by atoms with Crippen LogP contribution in [0.25, 0.3) is 0 Å². The number of carbonyl (C=O) groups is 1. The monoisotopic (exact) mass is 396 g/mol. The molecule has 2 fully saturated rings. The van der Waals surface area contributed by atoms with Gasteiger partial charge in [0.05, 0.1) is 6.54 Å². The van der Waals surface area contributed by atoms with E-state index < -0.39 is 0 Å². The van der Waals surface area contributed by atoms with Gasteiger partial charge in [0.25, 0.3) is 5.91 Å². The van der Waals surface area contributed by atoms with Crippen molar-refractivity contribution in [2.24, 2.45) is 5.92 Å². The van der Waals surface area contributed by atoms with Crippen LogP contribution in [0.3, 0.4) is 0 Å². The van der Waals surface area contributed by atoms with Crippen molar-refractivity contribution in [3.05, 3.63) is 53.5 Å². The van der Waals surface area contributed by atoms with Crippen molar-refractivity contribution in [2.75, 3.05) is 19.7 Å². The van der Waals surface area contributed by atoms with Gasteiger partial charge in [-0.1, -0.05) is 32.0 Å². The van der Waals surface area contributed by atoms with Crippen molar-refractivity contribution in [3.8, 4) is 5.75 Å². The van der Waals surface area contributed by atoms with Crippen LogP contribution >= 0.6 is 0 Å². The lowest BCUT2D eigenvalue weighted by molar-refractivity contribution is -0.132. The molecule has 0 bridgehead atoms. The van der Waals surface area contributed by atoms with Gasteiger partial charge in [-0.3, -0.25) is 4.79 Å². The van der Waals surface area contributed by atoms with Crippen LogP contribution in [0.5, 0.6) is 5.75 Å². The van der Waals surface area contributed by atoms with E-state index in [2.05, 4.69) is 37.4 Å². The smallest absolute Gasteiger partial charge is 0.260 e. The predicted octanol–water partition coefficient (Wildman–Crippen LogP) is 4.65. The summed E-state index contributed by atoms with van der Waals surface area (Å²) < 4.78 is 12.0. The minimum Gasteiger partial charge on any atom is -0.483 e. The molecule has 2 aliphatic rings. The van der Waals surface area contributed by atoms with E-state index in [0.29, 0.717) is 12.5 Å². The zero-order chi connectivity index (χ0) is 20.2. The Bertz CT molecular complexity index is 825. The summed E-state index contributed by atoms with van der Waals surface area (Å²) >= 11 is 0. The van der Waals surface area contributed by atoms with Crippen LogP contribution < -0.4 is 10.1 Å². The maximum absolute atomic E-state index is 12.3. The number of benzene rings is 1. The quantitative estimate of drug-likeness (QED) is 0.671. The van der Waals surface area contributed by atoms with Crippen LogP contribution in [0.2, 0.25) is 0 Å². The number of para-hydroxylation sites is 1. The molecular weight excluding hydrogens is 364 g/mol. The first-order valence-electron chi connectivity index (χ1n) is 11.0. The van der Waals surface area contributed by atoms with Crippen molar-refractivity contribution >= 4 is 5.91 Å². The first kappa shape index (κ1) is 20.0. The van der Waals surface area contributed by atoms with Gasteiger partial charge in [0, 0.05) is 30.6 Å². The molecule has 1 aromatic carbocycles. The molecule has 1 saturated carbocycles. The summed E-state index contributed by atoms with van der Waals surface area (Å²) in [5.41, 5.74) is 1.09. The number of rotatable bonds is 9. The zero-order valence-corrected chi connectivity index (χ0v) is 17.5. The Morgan fingerprint density at radius 2 is 2.00 bits per heavy atom. The van der Waals surface area contributed by atoms with E-state index in [1.165, 1.54) is 6.42 Å². The molecule has 0 spiro atoms. The number of amides is 1. The molecule has 5 nitrogen and oxygen atoms in total. The third-order valence-electron chi connectivity index (χ3n) is 6.19. The number of nitrogens with one attached hydrogen (secondary N) is 1. The lowest BCUT2D eigenvalue weighted by Gasteiger charge is -2.21. The minimum absolute atomic E-state index is 0.0794. The van der Waals surface area contributed by atoms with Crippen LogP contribution in [-0.2, 0) is 11.3 Å². The summed E-state index contributed by atoms with van der Waals surface area (Å²) in [4.78, 5) is 14.2. The molecule has 1 aliphatic heterocycles. The normalized spacial score (nSPS) is 21.9. The van der Waals surface area contributed by atoms with Crippen molar-refractivity contribution in [2.45, 2.75) is 58.0 Å². The Balaban J connectivity index is 1.36. The van der Waals surface area contributed by atoms with Gasteiger partial charge >= 0.3 is 0 Å². The Morgan fingerprint density at radius 1 is 1.24 bits per heavy atom. The highest BCUT2D eigenvalue weighted by atomic mass is 16.5. The van der Waals surface area contributed by atoms with Gasteiger partial charge in [0.2, 0.25) is 0 Å². The standard InChI is InChI=1S/C24H32N2O3/c1-3-21(25-15-18-10-11-23(29-18)20-14-17(20)2)19-8-4-5-9-22(19)28-16-24(27)26-12-6-7-13-26/h4-5,8-11,17,20-21,25H,3,6-7,12-16H2,1-2H3. The van der Waals surface area contributed by atoms with Gasteiger partial charge < -0.3 is 19.4 Å². The molecule has 4 rings (SSSR count). The van der Waals surface area contributed by atoms with Gasteiger partial charge in [-0.25, -0.2) is 0 Å². The van der Waals surface area contributed by atoms with E-state index in [-0.39, 0.29) is 18.6 Å². The van der Waals surface area contributed by atoms with E-state index in [0.717, 1.165) is 61.1 Å². The predicted molar refractivity (Wildman–Crippen MR) is 113 cm³/mol. The molecule has 5 heteroatoms. The number of hydrogen-bond donors (Lipinski definition) is 1. The van der Waals surface area contributed by atoms with Crippen LogP contribution in [0.15, 0.2) is 40.8 Å². The summed E-state index contributed by atoms with van der Waals surface area (Å²) in [6.45, 7) is 6.92. The average molecular weight is 397 g/mol. The van der Waals surface area contributed by atoms with Gasteiger partial charge in [0.15, 0.2) is 6.61 Å². The molecule has 3 unspecified atom stereocenters. The van der Waals surface area contributed by atoms with E-state index in [1.807, 2.05) is 23.1 Å². The number of carbonyl (C=O) groups excluding carboxylic acids is 1. The van der Waals surface area contributed by atoms with E-state index in [9.17, 15) is 4.79 Å². The molecule has 1 saturated heterocycles. The van der Waals surface area contributed by atoms with Crippen LogP contribution in [-0.4, -0.2) is 30.5 Å². The lowest BCUT2D eigenvalue weighted by atomic mass is 10.0. The van der Waals surface area contributed by atoms with E-state index in [4.69, 9.17) is 9.15 Å². The molecule has 3 atom stereocenters. The summed E-state index contributed by atoms with van der Waals surface area (Å²) in [5, 5.41) is 3.60. The van der Waals surface area contributed by atoms with Crippen molar-refractivity contribution in [1.82, 2.24) is 10.2 Å². The van der Waals surface area contributed by atoms with Crippen molar-refractivity contribution in [3.63, 3.8) is 0 Å². The maximum Gasteiger partial charge on any atom is 0.260 e. The zero-order valence-electron chi connectivity index (χ0n) is 17.5. The second kappa shape index (κ2) is 9.04. The average Bonchev–Trinajstić information content (AvgIpc) is 3.16. The van der Waals surface area contributed by atoms with Crippen molar-refractivity contribution < 1.29 is 13.9 Å². The van der Waals surface area contributed by atoms with Crippen molar-refractivity contribution in [1.29, 1.82) is 0 Å². The van der Waals surface area contributed by atoms with Gasteiger partial charge in [0.1, 0.15) is 17.3 Å². The number of ether oxygens (including phenoxy) is 1. The minimum atomic E-state index is 0.0794. The molecule has 156 valence electrons. The Kier molecular flexibility index (Phi) is 6.24. The van der Waals surface area contributed by atoms with Gasteiger partial charge in [-0.2, -0.15) is 0 Å². The third-order valence-corrected chi connectivity index (χ3v) is 6.19. The fraction of sp³-hybridized carbons (Fsp3) is 0.542. The first-order valence-corrected chi connectivity index (χ1v) is 11.0. The largest absolute Gasteiger partial charge is 0.483 e. The highest BCUT2D eigenvalue weighted by Gasteiger charge is 2.36.